The Kier molecular flexibility index (Phi) is 5.30. The molecule has 128 valence electrons. The van der Waals surface area contributed by atoms with Crippen molar-refractivity contribution in [3.8, 4) is 0 Å². The molecule has 1 aromatic rings. The van der Waals surface area contributed by atoms with E-state index in [1.54, 1.807) is 4.90 Å². The van der Waals surface area contributed by atoms with Gasteiger partial charge in [-0.25, -0.2) is 0 Å². The lowest BCUT2D eigenvalue weighted by Gasteiger charge is -2.34. The third-order valence-electron chi connectivity index (χ3n) is 4.79. The van der Waals surface area contributed by atoms with E-state index in [9.17, 15) is 9.59 Å². The average Bonchev–Trinajstić information content (AvgIpc) is 3.45. The monoisotopic (exact) mass is 327 g/mol. The fourth-order valence-corrected chi connectivity index (χ4v) is 3.24. The van der Waals surface area contributed by atoms with Crippen LogP contribution >= 0.6 is 0 Å². The standard InChI is InChI=1S/C19H25N3O2/c1-2-18(24)22-12-10-21(11-13-22)14-17(23)20-19(16-8-9-16)15-6-4-3-5-7-15/h2-7,16,19H,1,8-14H2,(H,20,23). The van der Waals surface area contributed by atoms with Crippen molar-refractivity contribution in [1.82, 2.24) is 15.1 Å². The molecule has 1 heterocycles. The van der Waals surface area contributed by atoms with Gasteiger partial charge in [-0.1, -0.05) is 36.9 Å². The molecule has 2 aliphatic rings. The summed E-state index contributed by atoms with van der Waals surface area (Å²) in [7, 11) is 0. The summed E-state index contributed by atoms with van der Waals surface area (Å²) in [6.45, 7) is 6.68. The maximum atomic E-state index is 12.4. The minimum absolute atomic E-state index is 0.0306. The molecule has 1 aliphatic carbocycles. The SMILES string of the molecule is C=CC(=O)N1CCN(CC(=O)NC(c2ccccc2)C2CC2)CC1. The molecule has 5 heteroatoms. The maximum Gasteiger partial charge on any atom is 0.246 e. The van der Waals surface area contributed by atoms with Crippen molar-refractivity contribution in [3.05, 3.63) is 48.6 Å². The summed E-state index contributed by atoms with van der Waals surface area (Å²) in [6.07, 6.45) is 3.72. The Morgan fingerprint density at radius 3 is 2.42 bits per heavy atom. The molecular formula is C19H25N3O2. The molecule has 2 amide bonds. The molecule has 1 atom stereocenters. The van der Waals surface area contributed by atoms with Crippen molar-refractivity contribution in [3.63, 3.8) is 0 Å². The zero-order valence-corrected chi connectivity index (χ0v) is 14.0. The van der Waals surface area contributed by atoms with Crippen molar-refractivity contribution < 1.29 is 9.59 Å². The molecule has 1 saturated heterocycles. The minimum Gasteiger partial charge on any atom is -0.348 e. The Balaban J connectivity index is 1.50. The van der Waals surface area contributed by atoms with Gasteiger partial charge >= 0.3 is 0 Å². The number of amides is 2. The highest BCUT2D eigenvalue weighted by atomic mass is 16.2. The Hall–Kier alpha value is -2.14. The molecule has 1 N–H and O–H groups in total. The first-order valence-electron chi connectivity index (χ1n) is 8.65. The average molecular weight is 327 g/mol. The molecule has 1 saturated carbocycles. The topological polar surface area (TPSA) is 52.7 Å². The number of rotatable bonds is 6. The fourth-order valence-electron chi connectivity index (χ4n) is 3.24. The number of carbonyl (C=O) groups excluding carboxylic acids is 2. The zero-order chi connectivity index (χ0) is 16.9. The lowest BCUT2D eigenvalue weighted by atomic mass is 10.0. The summed E-state index contributed by atoms with van der Waals surface area (Å²) in [5.74, 6) is 0.606. The summed E-state index contributed by atoms with van der Waals surface area (Å²) in [5.41, 5.74) is 1.19. The van der Waals surface area contributed by atoms with Crippen LogP contribution < -0.4 is 5.32 Å². The molecule has 1 unspecified atom stereocenters. The summed E-state index contributed by atoms with van der Waals surface area (Å²) in [6, 6.07) is 10.3. The Morgan fingerprint density at radius 2 is 1.83 bits per heavy atom. The largest absolute Gasteiger partial charge is 0.348 e. The van der Waals surface area contributed by atoms with Crippen LogP contribution in [0.15, 0.2) is 43.0 Å². The van der Waals surface area contributed by atoms with Crippen molar-refractivity contribution >= 4 is 11.8 Å². The van der Waals surface area contributed by atoms with Gasteiger partial charge in [-0.3, -0.25) is 14.5 Å². The van der Waals surface area contributed by atoms with Crippen molar-refractivity contribution in [1.29, 1.82) is 0 Å². The van der Waals surface area contributed by atoms with Gasteiger partial charge in [0, 0.05) is 26.2 Å². The van der Waals surface area contributed by atoms with Crippen molar-refractivity contribution in [2.75, 3.05) is 32.7 Å². The quantitative estimate of drug-likeness (QED) is 0.807. The van der Waals surface area contributed by atoms with Gasteiger partial charge in [0.1, 0.15) is 0 Å². The Bertz CT molecular complexity index is 590. The molecule has 1 aromatic carbocycles. The van der Waals surface area contributed by atoms with E-state index in [0.29, 0.717) is 25.6 Å². The normalized spacial score (nSPS) is 19.6. The first-order chi connectivity index (χ1) is 11.7. The molecule has 3 rings (SSSR count). The molecular weight excluding hydrogens is 302 g/mol. The third-order valence-corrected chi connectivity index (χ3v) is 4.79. The Labute approximate surface area is 143 Å². The van der Waals surface area contributed by atoms with E-state index in [1.165, 1.54) is 24.5 Å². The molecule has 2 fully saturated rings. The van der Waals surface area contributed by atoms with Crippen molar-refractivity contribution in [2.24, 2.45) is 5.92 Å². The van der Waals surface area contributed by atoms with Crippen LogP contribution in [-0.4, -0.2) is 54.3 Å². The summed E-state index contributed by atoms with van der Waals surface area (Å²) < 4.78 is 0. The number of piperazine rings is 1. The van der Waals surface area contributed by atoms with Gasteiger partial charge in [-0.15, -0.1) is 0 Å². The van der Waals surface area contributed by atoms with Crippen LogP contribution in [0.4, 0.5) is 0 Å². The van der Waals surface area contributed by atoms with Crippen LogP contribution in [0.25, 0.3) is 0 Å². The molecule has 5 nitrogen and oxygen atoms in total. The molecule has 0 radical (unpaired) electrons. The maximum absolute atomic E-state index is 12.4. The predicted octanol–water partition coefficient (Wildman–Crippen LogP) is 1.58. The van der Waals surface area contributed by atoms with E-state index in [2.05, 4.69) is 28.9 Å². The highest BCUT2D eigenvalue weighted by Gasteiger charge is 2.33. The van der Waals surface area contributed by atoms with E-state index >= 15 is 0 Å². The van der Waals surface area contributed by atoms with Crippen LogP contribution in [0.5, 0.6) is 0 Å². The number of benzene rings is 1. The van der Waals surface area contributed by atoms with Crippen LogP contribution in [0.3, 0.4) is 0 Å². The van der Waals surface area contributed by atoms with Crippen LogP contribution in [0.1, 0.15) is 24.4 Å². The van der Waals surface area contributed by atoms with Gasteiger partial charge in [0.05, 0.1) is 12.6 Å². The van der Waals surface area contributed by atoms with Gasteiger partial charge < -0.3 is 10.2 Å². The van der Waals surface area contributed by atoms with Crippen LogP contribution in [0, 0.1) is 5.92 Å². The third kappa shape index (κ3) is 4.23. The molecule has 0 aromatic heterocycles. The smallest absolute Gasteiger partial charge is 0.246 e. The fraction of sp³-hybridized carbons (Fsp3) is 0.474. The van der Waals surface area contributed by atoms with Gasteiger partial charge in [-0.2, -0.15) is 0 Å². The second-order valence-corrected chi connectivity index (χ2v) is 6.60. The van der Waals surface area contributed by atoms with Gasteiger partial charge in [-0.05, 0) is 30.4 Å². The van der Waals surface area contributed by atoms with E-state index in [1.807, 2.05) is 18.2 Å². The van der Waals surface area contributed by atoms with E-state index in [0.717, 1.165) is 13.1 Å². The van der Waals surface area contributed by atoms with Gasteiger partial charge in [0.15, 0.2) is 0 Å². The molecule has 24 heavy (non-hydrogen) atoms. The number of nitrogens with zero attached hydrogens (tertiary/aromatic N) is 2. The second-order valence-electron chi connectivity index (χ2n) is 6.60. The summed E-state index contributed by atoms with van der Waals surface area (Å²) in [5, 5.41) is 3.21. The predicted molar refractivity (Wildman–Crippen MR) is 93.3 cm³/mol. The second kappa shape index (κ2) is 7.62. The van der Waals surface area contributed by atoms with Crippen LogP contribution in [0.2, 0.25) is 0 Å². The molecule has 1 aliphatic heterocycles. The van der Waals surface area contributed by atoms with Gasteiger partial charge in [0.2, 0.25) is 11.8 Å². The minimum atomic E-state index is -0.0306. The van der Waals surface area contributed by atoms with Gasteiger partial charge in [0.25, 0.3) is 0 Å². The lowest BCUT2D eigenvalue weighted by Crippen LogP contribution is -2.51. The molecule has 0 spiro atoms. The highest BCUT2D eigenvalue weighted by molar-refractivity contribution is 5.87. The van der Waals surface area contributed by atoms with Crippen molar-refractivity contribution in [2.45, 2.75) is 18.9 Å². The summed E-state index contributed by atoms with van der Waals surface area (Å²) in [4.78, 5) is 27.9. The first kappa shape index (κ1) is 16.7. The first-order valence-corrected chi connectivity index (χ1v) is 8.65. The number of nitrogens with one attached hydrogen (secondary N) is 1. The number of carbonyl (C=O) groups is 2. The van der Waals surface area contributed by atoms with E-state index in [4.69, 9.17) is 0 Å². The van der Waals surface area contributed by atoms with E-state index in [-0.39, 0.29) is 17.9 Å². The highest BCUT2D eigenvalue weighted by Crippen LogP contribution is 2.40. The lowest BCUT2D eigenvalue weighted by molar-refractivity contribution is -0.128. The zero-order valence-electron chi connectivity index (χ0n) is 14.0. The van der Waals surface area contributed by atoms with Crippen LogP contribution in [-0.2, 0) is 9.59 Å². The number of hydrogen-bond donors (Lipinski definition) is 1. The Morgan fingerprint density at radius 1 is 1.17 bits per heavy atom. The van der Waals surface area contributed by atoms with E-state index < -0.39 is 0 Å². The number of hydrogen-bond acceptors (Lipinski definition) is 3. The molecule has 0 bridgehead atoms. The summed E-state index contributed by atoms with van der Waals surface area (Å²) >= 11 is 0.